The van der Waals surface area contributed by atoms with Crippen molar-refractivity contribution < 1.29 is 9.13 Å². The van der Waals surface area contributed by atoms with E-state index in [4.69, 9.17) is 22.1 Å². The fraction of sp³-hybridized carbons (Fsp3) is 0.200. The zero-order valence-electron chi connectivity index (χ0n) is 10.8. The van der Waals surface area contributed by atoms with Crippen LogP contribution in [0.5, 0.6) is 5.75 Å². The van der Waals surface area contributed by atoms with E-state index in [-0.39, 0.29) is 11.9 Å². The van der Waals surface area contributed by atoms with Crippen molar-refractivity contribution in [3.63, 3.8) is 0 Å². The summed E-state index contributed by atoms with van der Waals surface area (Å²) in [6.45, 7) is 1.87. The average molecular weight is 280 g/mol. The Labute approximate surface area is 117 Å². The minimum Gasteiger partial charge on any atom is -0.497 e. The number of halogens is 2. The molecule has 0 aliphatic rings. The molecule has 2 nitrogen and oxygen atoms in total. The van der Waals surface area contributed by atoms with E-state index >= 15 is 0 Å². The number of hydrogen-bond acceptors (Lipinski definition) is 2. The lowest BCUT2D eigenvalue weighted by Gasteiger charge is -2.12. The van der Waals surface area contributed by atoms with Crippen LogP contribution in [0.1, 0.15) is 18.5 Å². The Morgan fingerprint density at radius 3 is 2.47 bits per heavy atom. The summed E-state index contributed by atoms with van der Waals surface area (Å²) in [4.78, 5) is 0. The SMILES string of the molecule is COc1ccc(-c2cc(C(C)N)ccc2Cl)c(F)c1. The maximum Gasteiger partial charge on any atom is 0.134 e. The molecule has 0 heterocycles. The number of benzene rings is 2. The first kappa shape index (κ1) is 13.8. The third-order valence-electron chi connectivity index (χ3n) is 2.98. The van der Waals surface area contributed by atoms with E-state index in [0.29, 0.717) is 21.9 Å². The van der Waals surface area contributed by atoms with Gasteiger partial charge in [-0.05, 0) is 36.8 Å². The molecule has 1 atom stereocenters. The second kappa shape index (κ2) is 5.59. The predicted octanol–water partition coefficient (Wildman–Crippen LogP) is 4.17. The topological polar surface area (TPSA) is 35.2 Å². The normalized spacial score (nSPS) is 12.3. The molecular weight excluding hydrogens is 265 g/mol. The smallest absolute Gasteiger partial charge is 0.134 e. The summed E-state index contributed by atoms with van der Waals surface area (Å²) in [5.74, 6) is 0.101. The number of methoxy groups -OCH3 is 1. The summed E-state index contributed by atoms with van der Waals surface area (Å²) in [6.07, 6.45) is 0. The first-order valence-corrected chi connectivity index (χ1v) is 6.29. The van der Waals surface area contributed by atoms with Crippen LogP contribution < -0.4 is 10.5 Å². The van der Waals surface area contributed by atoms with Gasteiger partial charge in [-0.3, -0.25) is 0 Å². The van der Waals surface area contributed by atoms with E-state index in [0.717, 1.165) is 5.56 Å². The number of hydrogen-bond donors (Lipinski definition) is 1. The molecule has 2 rings (SSSR count). The summed E-state index contributed by atoms with van der Waals surface area (Å²) in [6, 6.07) is 9.96. The van der Waals surface area contributed by atoms with Gasteiger partial charge in [0.05, 0.1) is 7.11 Å². The molecule has 0 amide bonds. The van der Waals surface area contributed by atoms with Gasteiger partial charge in [0.15, 0.2) is 0 Å². The van der Waals surface area contributed by atoms with E-state index in [1.807, 2.05) is 19.1 Å². The number of ether oxygens (including phenoxy) is 1. The molecule has 0 spiro atoms. The van der Waals surface area contributed by atoms with E-state index in [1.54, 1.807) is 18.2 Å². The highest BCUT2D eigenvalue weighted by Gasteiger charge is 2.12. The zero-order chi connectivity index (χ0) is 14.0. The summed E-state index contributed by atoms with van der Waals surface area (Å²) >= 11 is 6.14. The molecule has 0 aliphatic heterocycles. The molecule has 0 radical (unpaired) electrons. The van der Waals surface area contributed by atoms with Gasteiger partial charge in [-0.15, -0.1) is 0 Å². The summed E-state index contributed by atoms with van der Waals surface area (Å²) in [5, 5.41) is 0.494. The van der Waals surface area contributed by atoms with Crippen LogP contribution in [0, 0.1) is 5.82 Å². The predicted molar refractivity (Wildman–Crippen MR) is 76.0 cm³/mol. The van der Waals surface area contributed by atoms with Gasteiger partial charge < -0.3 is 10.5 Å². The molecule has 0 bridgehead atoms. The molecule has 2 aromatic carbocycles. The molecule has 4 heteroatoms. The van der Waals surface area contributed by atoms with Crippen molar-refractivity contribution in [2.24, 2.45) is 5.73 Å². The molecule has 0 fully saturated rings. The minimum absolute atomic E-state index is 0.127. The second-order valence-corrected chi connectivity index (χ2v) is 4.78. The third-order valence-corrected chi connectivity index (χ3v) is 3.31. The Morgan fingerprint density at radius 1 is 1.16 bits per heavy atom. The lowest BCUT2D eigenvalue weighted by molar-refractivity contribution is 0.411. The van der Waals surface area contributed by atoms with Crippen LogP contribution in [0.4, 0.5) is 4.39 Å². The van der Waals surface area contributed by atoms with Gasteiger partial charge in [-0.25, -0.2) is 4.39 Å². The standard InChI is InChI=1S/C15H15ClFNO/c1-9(18)10-3-6-14(16)13(7-10)12-5-4-11(19-2)8-15(12)17/h3-9H,18H2,1-2H3. The Morgan fingerprint density at radius 2 is 1.89 bits per heavy atom. The second-order valence-electron chi connectivity index (χ2n) is 4.37. The van der Waals surface area contributed by atoms with Crippen LogP contribution in [0.3, 0.4) is 0 Å². The number of nitrogens with two attached hydrogens (primary N) is 1. The van der Waals surface area contributed by atoms with Gasteiger partial charge in [0.2, 0.25) is 0 Å². The Balaban J connectivity index is 2.54. The van der Waals surface area contributed by atoms with Gasteiger partial charge in [0.1, 0.15) is 11.6 Å². The fourth-order valence-corrected chi connectivity index (χ4v) is 2.09. The van der Waals surface area contributed by atoms with Crippen molar-refractivity contribution in [1.82, 2.24) is 0 Å². The van der Waals surface area contributed by atoms with E-state index in [1.165, 1.54) is 13.2 Å². The Bertz CT molecular complexity index is 599. The average Bonchev–Trinajstić information content (AvgIpc) is 2.39. The molecule has 1 unspecified atom stereocenters. The van der Waals surface area contributed by atoms with Crippen LogP contribution in [-0.4, -0.2) is 7.11 Å². The first-order valence-electron chi connectivity index (χ1n) is 5.92. The minimum atomic E-state index is -0.372. The van der Waals surface area contributed by atoms with Crippen LogP contribution in [0.25, 0.3) is 11.1 Å². The molecule has 0 saturated heterocycles. The maximum absolute atomic E-state index is 14.1. The van der Waals surface area contributed by atoms with Crippen LogP contribution in [0.15, 0.2) is 36.4 Å². The molecular formula is C15H15ClFNO. The van der Waals surface area contributed by atoms with Crippen molar-refractivity contribution in [2.45, 2.75) is 13.0 Å². The first-order chi connectivity index (χ1) is 9.02. The molecule has 19 heavy (non-hydrogen) atoms. The van der Waals surface area contributed by atoms with Gasteiger partial charge in [-0.1, -0.05) is 17.7 Å². The van der Waals surface area contributed by atoms with Crippen molar-refractivity contribution >= 4 is 11.6 Å². The van der Waals surface area contributed by atoms with Crippen molar-refractivity contribution in [3.8, 4) is 16.9 Å². The molecule has 0 aliphatic carbocycles. The Kier molecular flexibility index (Phi) is 4.08. The summed E-state index contributed by atoms with van der Waals surface area (Å²) in [7, 11) is 1.50. The largest absolute Gasteiger partial charge is 0.497 e. The fourth-order valence-electron chi connectivity index (χ4n) is 1.87. The van der Waals surface area contributed by atoms with Crippen LogP contribution in [-0.2, 0) is 0 Å². The quantitative estimate of drug-likeness (QED) is 0.915. The van der Waals surface area contributed by atoms with Crippen molar-refractivity contribution in [3.05, 3.63) is 52.8 Å². The van der Waals surface area contributed by atoms with Crippen LogP contribution in [0.2, 0.25) is 5.02 Å². The highest BCUT2D eigenvalue weighted by atomic mass is 35.5. The van der Waals surface area contributed by atoms with Gasteiger partial charge in [-0.2, -0.15) is 0 Å². The van der Waals surface area contributed by atoms with Gasteiger partial charge >= 0.3 is 0 Å². The molecule has 0 saturated carbocycles. The summed E-state index contributed by atoms with van der Waals surface area (Å²) < 4.78 is 19.1. The zero-order valence-corrected chi connectivity index (χ0v) is 11.5. The highest BCUT2D eigenvalue weighted by Crippen LogP contribution is 2.33. The van der Waals surface area contributed by atoms with Gasteiger partial charge in [0, 0.05) is 28.3 Å². The lowest BCUT2D eigenvalue weighted by atomic mass is 10.00. The number of rotatable bonds is 3. The van der Waals surface area contributed by atoms with Crippen LogP contribution >= 0.6 is 11.6 Å². The van der Waals surface area contributed by atoms with Crippen molar-refractivity contribution in [1.29, 1.82) is 0 Å². The molecule has 2 aromatic rings. The highest BCUT2D eigenvalue weighted by molar-refractivity contribution is 6.33. The summed E-state index contributed by atoms with van der Waals surface area (Å²) in [5.41, 5.74) is 7.82. The third kappa shape index (κ3) is 2.88. The van der Waals surface area contributed by atoms with Gasteiger partial charge in [0.25, 0.3) is 0 Å². The van der Waals surface area contributed by atoms with E-state index in [9.17, 15) is 4.39 Å². The lowest BCUT2D eigenvalue weighted by Crippen LogP contribution is -2.05. The van der Waals surface area contributed by atoms with E-state index in [2.05, 4.69) is 0 Å². The monoisotopic (exact) mass is 279 g/mol. The molecule has 0 aromatic heterocycles. The maximum atomic E-state index is 14.1. The van der Waals surface area contributed by atoms with E-state index < -0.39 is 0 Å². The molecule has 2 N–H and O–H groups in total. The van der Waals surface area contributed by atoms with Crippen molar-refractivity contribution in [2.75, 3.05) is 7.11 Å². The Hall–Kier alpha value is -1.58. The molecule has 100 valence electrons.